The van der Waals surface area contributed by atoms with Gasteiger partial charge in [0.15, 0.2) is 5.65 Å². The van der Waals surface area contributed by atoms with Crippen LogP contribution in [-0.2, 0) is 6.54 Å². The Morgan fingerprint density at radius 3 is 2.59 bits per heavy atom. The normalized spacial score (nSPS) is 21.6. The van der Waals surface area contributed by atoms with Crippen molar-refractivity contribution in [3.05, 3.63) is 47.7 Å². The zero-order chi connectivity index (χ0) is 20.0. The number of urea groups is 1. The van der Waals surface area contributed by atoms with Crippen LogP contribution in [0.2, 0.25) is 0 Å². The van der Waals surface area contributed by atoms with Gasteiger partial charge in [-0.1, -0.05) is 23.5 Å². The third-order valence-electron chi connectivity index (χ3n) is 5.82. The number of amides is 2. The summed E-state index contributed by atoms with van der Waals surface area (Å²) in [7, 11) is 0. The summed E-state index contributed by atoms with van der Waals surface area (Å²) in [5.74, 6) is 0.768. The van der Waals surface area contributed by atoms with Crippen molar-refractivity contribution in [1.29, 1.82) is 0 Å². The van der Waals surface area contributed by atoms with E-state index in [0.29, 0.717) is 5.19 Å². The van der Waals surface area contributed by atoms with Crippen LogP contribution in [0.5, 0.6) is 10.9 Å². The molecule has 5 rings (SSSR count). The summed E-state index contributed by atoms with van der Waals surface area (Å²) >= 11 is 1.51. The number of aromatic nitrogens is 2. The van der Waals surface area contributed by atoms with E-state index >= 15 is 0 Å². The van der Waals surface area contributed by atoms with Crippen LogP contribution in [0, 0.1) is 6.92 Å². The summed E-state index contributed by atoms with van der Waals surface area (Å²) in [6.07, 6.45) is 3.87. The van der Waals surface area contributed by atoms with Gasteiger partial charge in [0, 0.05) is 37.9 Å². The van der Waals surface area contributed by atoms with Crippen molar-refractivity contribution in [2.45, 2.75) is 38.4 Å². The SMILES string of the molecule is Cc1ccnc2nc(Oc3ccc(CN4C[C@H]5CC[C@@H](C4)N5C(N)=O)cc3)sc12. The minimum absolute atomic E-state index is 0.255. The largest absolute Gasteiger partial charge is 0.431 e. The van der Waals surface area contributed by atoms with E-state index in [9.17, 15) is 4.79 Å². The Hall–Kier alpha value is -2.71. The molecule has 2 atom stereocenters. The molecule has 29 heavy (non-hydrogen) atoms. The Labute approximate surface area is 173 Å². The number of nitrogens with zero attached hydrogens (tertiary/aromatic N) is 4. The number of carbonyl (C=O) groups is 1. The van der Waals surface area contributed by atoms with Crippen LogP contribution in [0.4, 0.5) is 4.79 Å². The molecule has 2 N–H and O–H groups in total. The van der Waals surface area contributed by atoms with Crippen LogP contribution >= 0.6 is 11.3 Å². The van der Waals surface area contributed by atoms with Gasteiger partial charge >= 0.3 is 6.03 Å². The lowest BCUT2D eigenvalue weighted by Gasteiger charge is -2.40. The highest BCUT2D eigenvalue weighted by atomic mass is 32.1. The van der Waals surface area contributed by atoms with Gasteiger partial charge in [-0.15, -0.1) is 0 Å². The lowest BCUT2D eigenvalue weighted by atomic mass is 10.1. The zero-order valence-electron chi connectivity index (χ0n) is 16.2. The molecule has 2 fully saturated rings. The number of benzene rings is 1. The minimum Gasteiger partial charge on any atom is -0.431 e. The zero-order valence-corrected chi connectivity index (χ0v) is 17.1. The first kappa shape index (κ1) is 18.3. The predicted octanol–water partition coefficient (Wildman–Crippen LogP) is 3.52. The molecule has 7 nitrogen and oxygen atoms in total. The van der Waals surface area contributed by atoms with E-state index in [1.165, 1.54) is 16.9 Å². The third-order valence-corrected chi connectivity index (χ3v) is 6.87. The second-order valence-corrected chi connectivity index (χ2v) is 8.79. The van der Waals surface area contributed by atoms with Crippen LogP contribution in [0.25, 0.3) is 10.3 Å². The number of carbonyl (C=O) groups excluding carboxylic acids is 1. The van der Waals surface area contributed by atoms with Crippen LogP contribution in [0.15, 0.2) is 36.5 Å². The Morgan fingerprint density at radius 1 is 1.21 bits per heavy atom. The minimum atomic E-state index is -0.279. The molecule has 2 saturated heterocycles. The maximum absolute atomic E-state index is 11.7. The first-order chi connectivity index (χ1) is 14.1. The monoisotopic (exact) mass is 409 g/mol. The van der Waals surface area contributed by atoms with Crippen LogP contribution in [0.1, 0.15) is 24.0 Å². The number of rotatable bonds is 4. The molecule has 8 heteroatoms. The topological polar surface area (TPSA) is 84.6 Å². The summed E-state index contributed by atoms with van der Waals surface area (Å²) in [6, 6.07) is 10.4. The summed E-state index contributed by atoms with van der Waals surface area (Å²) < 4.78 is 7.00. The standard InChI is InChI=1S/C21H23N5O2S/c1-13-8-9-23-19-18(13)29-21(24-19)28-17-6-2-14(3-7-17)10-25-11-15-4-5-16(12-25)26(15)20(22)27/h2-3,6-9,15-16H,4-5,10-12H2,1H3,(H2,22,27)/t15-,16+. The number of primary amides is 1. The van der Waals surface area contributed by atoms with Gasteiger partial charge in [-0.3, -0.25) is 4.90 Å². The predicted molar refractivity (Wildman–Crippen MR) is 112 cm³/mol. The highest BCUT2D eigenvalue weighted by Gasteiger charge is 2.41. The smallest absolute Gasteiger partial charge is 0.315 e. The number of piperazine rings is 1. The molecule has 2 aliphatic heterocycles. The number of thiazole rings is 1. The van der Waals surface area contributed by atoms with Gasteiger partial charge < -0.3 is 15.4 Å². The van der Waals surface area contributed by atoms with Crippen molar-refractivity contribution in [2.75, 3.05) is 13.1 Å². The maximum Gasteiger partial charge on any atom is 0.315 e. The highest BCUT2D eigenvalue weighted by Crippen LogP contribution is 2.33. The number of fused-ring (bicyclic) bond motifs is 3. The molecule has 0 unspecified atom stereocenters. The Morgan fingerprint density at radius 2 is 1.93 bits per heavy atom. The molecule has 0 radical (unpaired) electrons. The van der Waals surface area contributed by atoms with Crippen LogP contribution < -0.4 is 10.5 Å². The van der Waals surface area contributed by atoms with Gasteiger partial charge in [0.1, 0.15) is 5.75 Å². The molecule has 0 saturated carbocycles. The number of likely N-dealkylation sites (tertiary alicyclic amines) is 1. The fourth-order valence-corrected chi connectivity index (χ4v) is 5.34. The number of aryl methyl sites for hydroxylation is 1. The molecular weight excluding hydrogens is 386 g/mol. The van der Waals surface area contributed by atoms with E-state index in [4.69, 9.17) is 10.5 Å². The van der Waals surface area contributed by atoms with E-state index in [0.717, 1.165) is 54.1 Å². The van der Waals surface area contributed by atoms with Gasteiger partial charge in [-0.2, -0.15) is 4.98 Å². The number of nitrogens with two attached hydrogens (primary N) is 1. The fraction of sp³-hybridized carbons (Fsp3) is 0.381. The Kier molecular flexibility index (Phi) is 4.60. The van der Waals surface area contributed by atoms with Crippen molar-refractivity contribution >= 4 is 27.7 Å². The molecule has 4 heterocycles. The Balaban J connectivity index is 1.24. The van der Waals surface area contributed by atoms with Gasteiger partial charge in [0.2, 0.25) is 0 Å². The number of pyridine rings is 1. The molecule has 2 aliphatic rings. The molecule has 2 aromatic heterocycles. The fourth-order valence-electron chi connectivity index (χ4n) is 4.48. The van der Waals surface area contributed by atoms with Gasteiger partial charge in [0.25, 0.3) is 5.19 Å². The quantitative estimate of drug-likeness (QED) is 0.713. The average Bonchev–Trinajstić information content (AvgIpc) is 3.23. The Bertz CT molecular complexity index is 1040. The number of hydrogen-bond donors (Lipinski definition) is 1. The van der Waals surface area contributed by atoms with Crippen LogP contribution in [-0.4, -0.2) is 51.0 Å². The van der Waals surface area contributed by atoms with E-state index < -0.39 is 0 Å². The summed E-state index contributed by atoms with van der Waals surface area (Å²) in [4.78, 5) is 24.7. The molecule has 0 aliphatic carbocycles. The van der Waals surface area contributed by atoms with Crippen molar-refractivity contribution in [3.63, 3.8) is 0 Å². The van der Waals surface area contributed by atoms with Crippen molar-refractivity contribution in [3.8, 4) is 10.9 Å². The van der Waals surface area contributed by atoms with E-state index in [1.807, 2.05) is 23.1 Å². The molecule has 2 bridgehead atoms. The third kappa shape index (κ3) is 3.54. The van der Waals surface area contributed by atoms with E-state index in [2.05, 4.69) is 33.9 Å². The lowest BCUT2D eigenvalue weighted by Crippen LogP contribution is -2.56. The van der Waals surface area contributed by atoms with Crippen LogP contribution in [0.3, 0.4) is 0 Å². The second kappa shape index (κ2) is 7.27. The molecule has 3 aromatic rings. The average molecular weight is 410 g/mol. The van der Waals surface area contributed by atoms with Gasteiger partial charge in [0.05, 0.1) is 4.70 Å². The molecule has 150 valence electrons. The summed E-state index contributed by atoms with van der Waals surface area (Å²) in [6.45, 7) is 4.69. The van der Waals surface area contributed by atoms with E-state index in [1.54, 1.807) is 6.20 Å². The second-order valence-electron chi connectivity index (χ2n) is 7.83. The summed E-state index contributed by atoms with van der Waals surface area (Å²) in [5.41, 5.74) is 8.66. The molecular formula is C21H23N5O2S. The lowest BCUT2D eigenvalue weighted by molar-refractivity contribution is 0.0883. The maximum atomic E-state index is 11.7. The van der Waals surface area contributed by atoms with Crippen molar-refractivity contribution in [1.82, 2.24) is 19.8 Å². The number of ether oxygens (including phenoxy) is 1. The van der Waals surface area contributed by atoms with Gasteiger partial charge in [-0.25, -0.2) is 9.78 Å². The van der Waals surface area contributed by atoms with Gasteiger partial charge in [-0.05, 0) is 49.1 Å². The van der Waals surface area contributed by atoms with Crippen molar-refractivity contribution in [2.24, 2.45) is 5.73 Å². The molecule has 0 spiro atoms. The van der Waals surface area contributed by atoms with Crippen molar-refractivity contribution < 1.29 is 9.53 Å². The number of hydrogen-bond acceptors (Lipinski definition) is 6. The first-order valence-electron chi connectivity index (χ1n) is 9.86. The highest BCUT2D eigenvalue weighted by molar-refractivity contribution is 7.20. The molecule has 2 amide bonds. The summed E-state index contributed by atoms with van der Waals surface area (Å²) in [5, 5.41) is 0.605. The first-order valence-corrected chi connectivity index (χ1v) is 10.7. The van der Waals surface area contributed by atoms with E-state index in [-0.39, 0.29) is 18.1 Å². The molecule has 1 aromatic carbocycles.